The molecule has 0 fully saturated rings. The lowest BCUT2D eigenvalue weighted by Crippen LogP contribution is -2.16. The molecule has 5 aromatic rings. The van der Waals surface area contributed by atoms with Gasteiger partial charge in [-0.1, -0.05) is 184 Å². The van der Waals surface area contributed by atoms with Gasteiger partial charge in [0.2, 0.25) is 0 Å². The minimum Gasteiger partial charge on any atom is -0.289 e. The molecule has 0 spiro atoms. The van der Waals surface area contributed by atoms with Crippen molar-refractivity contribution in [3.8, 4) is 23.7 Å². The monoisotopic (exact) mass is 740 g/mol. The van der Waals surface area contributed by atoms with Crippen molar-refractivity contribution in [2.45, 2.75) is 47.5 Å². The highest BCUT2D eigenvalue weighted by Gasteiger charge is 2.42. The Morgan fingerprint density at radius 3 is 1.65 bits per heavy atom. The molecule has 0 amide bonds. The van der Waals surface area contributed by atoms with E-state index in [-0.39, 0.29) is 5.78 Å². The van der Waals surface area contributed by atoms with Crippen molar-refractivity contribution in [3.63, 3.8) is 0 Å². The number of hydrogen-bond acceptors (Lipinski definition) is 1. The average molecular weight is 741 g/mol. The van der Waals surface area contributed by atoms with Crippen molar-refractivity contribution in [1.82, 2.24) is 0 Å². The summed E-state index contributed by atoms with van der Waals surface area (Å²) in [5.41, 5.74) is 8.91. The van der Waals surface area contributed by atoms with E-state index in [4.69, 9.17) is 0 Å². The van der Waals surface area contributed by atoms with Crippen LogP contribution >= 0.6 is 0 Å². The number of hydrogen-bond donors (Lipinski definition) is 0. The average Bonchev–Trinajstić information content (AvgIpc) is 3.34. The fourth-order valence-electron chi connectivity index (χ4n) is 7.77. The maximum absolute atomic E-state index is 14.9. The Bertz CT molecular complexity index is 2420. The van der Waals surface area contributed by atoms with Gasteiger partial charge in [-0.2, -0.15) is 0 Å². The van der Waals surface area contributed by atoms with E-state index in [1.165, 1.54) is 6.42 Å². The highest BCUT2D eigenvalue weighted by molar-refractivity contribution is 6.52. The van der Waals surface area contributed by atoms with Crippen molar-refractivity contribution < 1.29 is 4.79 Å². The number of carbonyl (C=O) groups is 1. The fraction of sp³-hybridized carbons (Fsp3) is 0.196. The number of Topliss-reactive ketones (excluding diaryl/α,β-unsaturated/α-hetero) is 1. The zero-order valence-corrected chi connectivity index (χ0v) is 33.9. The topological polar surface area (TPSA) is 17.1 Å². The van der Waals surface area contributed by atoms with Crippen molar-refractivity contribution >= 4 is 22.5 Å². The molecule has 1 nitrogen and oxygen atoms in total. The van der Waals surface area contributed by atoms with Crippen LogP contribution in [-0.4, -0.2) is 5.78 Å². The molecule has 0 saturated carbocycles. The standard InChI is InChI=1S/C45H38O.C9H8.C2H6/c1-32-21-25-35-27-29-45(2,30-28-36(35)26-22-32)43-40(39-20-12-15-34(31-39)24-23-33-13-6-3-7-14-33)41(37-16-8-4-9-17-37)44(46)42(43)38-18-10-5-11-19-38;1-2-6-9-7-4-3-5-8-9;1-2/h3-21,25,27-32,35-36H,22,26H2,1-2H3;3-5,7-8H,1H3;1-2H3. The lowest BCUT2D eigenvalue weighted by Gasteiger charge is -2.28. The Morgan fingerprint density at radius 1 is 0.526 bits per heavy atom. The Kier molecular flexibility index (Phi) is 13.7. The number of rotatable bonds is 4. The van der Waals surface area contributed by atoms with E-state index in [9.17, 15) is 4.79 Å². The molecular weight excluding hydrogens is 689 g/mol. The van der Waals surface area contributed by atoms with Crippen LogP contribution in [0.25, 0.3) is 16.7 Å². The Balaban J connectivity index is 0.000000437. The first-order valence-corrected chi connectivity index (χ1v) is 20.3. The molecule has 1 heteroatoms. The summed E-state index contributed by atoms with van der Waals surface area (Å²) in [6.45, 7) is 10.4. The summed E-state index contributed by atoms with van der Waals surface area (Å²) < 4.78 is 0. The van der Waals surface area contributed by atoms with E-state index in [1.807, 2.05) is 118 Å². The van der Waals surface area contributed by atoms with Crippen LogP contribution in [0.5, 0.6) is 0 Å². The second kappa shape index (κ2) is 19.4. The molecule has 4 atom stereocenters. The molecule has 4 unspecified atom stereocenters. The van der Waals surface area contributed by atoms with E-state index < -0.39 is 5.41 Å². The van der Waals surface area contributed by atoms with E-state index in [0.29, 0.717) is 17.8 Å². The first-order chi connectivity index (χ1) is 27.9. The summed E-state index contributed by atoms with van der Waals surface area (Å²) in [7, 11) is 0. The van der Waals surface area contributed by atoms with Gasteiger partial charge in [-0.05, 0) is 103 Å². The van der Waals surface area contributed by atoms with Crippen molar-refractivity contribution in [2.24, 2.45) is 23.2 Å². The number of fused-ring (bicyclic) bond motifs is 1. The number of carbonyl (C=O) groups excluding carboxylic acids is 1. The summed E-state index contributed by atoms with van der Waals surface area (Å²) in [4.78, 5) is 14.9. The number of benzene rings is 5. The smallest absolute Gasteiger partial charge is 0.195 e. The van der Waals surface area contributed by atoms with Crippen LogP contribution in [0, 0.1) is 46.9 Å². The lowest BCUT2D eigenvalue weighted by molar-refractivity contribution is -0.108. The molecule has 3 aliphatic carbocycles. The Morgan fingerprint density at radius 2 is 1.04 bits per heavy atom. The maximum Gasteiger partial charge on any atom is 0.195 e. The van der Waals surface area contributed by atoms with Crippen LogP contribution in [0.1, 0.15) is 80.8 Å². The van der Waals surface area contributed by atoms with Gasteiger partial charge in [-0.3, -0.25) is 4.79 Å². The van der Waals surface area contributed by atoms with Crippen LogP contribution in [0.2, 0.25) is 0 Å². The second-order valence-corrected chi connectivity index (χ2v) is 14.7. The molecule has 0 radical (unpaired) electrons. The fourth-order valence-corrected chi connectivity index (χ4v) is 7.77. The Labute approximate surface area is 341 Å². The highest BCUT2D eigenvalue weighted by Crippen LogP contribution is 2.54. The van der Waals surface area contributed by atoms with Crippen molar-refractivity contribution in [3.05, 3.63) is 221 Å². The van der Waals surface area contributed by atoms with Gasteiger partial charge in [-0.25, -0.2) is 0 Å². The normalized spacial score (nSPS) is 20.6. The molecule has 57 heavy (non-hydrogen) atoms. The maximum atomic E-state index is 14.9. The summed E-state index contributed by atoms with van der Waals surface area (Å²) in [6, 6.07) is 48.8. The van der Waals surface area contributed by atoms with Crippen LogP contribution < -0.4 is 0 Å². The molecule has 282 valence electrons. The second-order valence-electron chi connectivity index (χ2n) is 14.7. The summed E-state index contributed by atoms with van der Waals surface area (Å²) in [5.74, 6) is 13.9. The van der Waals surface area contributed by atoms with Gasteiger partial charge in [0.05, 0.1) is 0 Å². The van der Waals surface area contributed by atoms with Gasteiger partial charge in [0.15, 0.2) is 5.78 Å². The van der Waals surface area contributed by atoms with Crippen LogP contribution in [0.4, 0.5) is 0 Å². The lowest BCUT2D eigenvalue weighted by atomic mass is 9.74. The van der Waals surface area contributed by atoms with Gasteiger partial charge in [0, 0.05) is 39.2 Å². The predicted octanol–water partition coefficient (Wildman–Crippen LogP) is 13.5. The van der Waals surface area contributed by atoms with Crippen LogP contribution in [0.3, 0.4) is 0 Å². The zero-order chi connectivity index (χ0) is 40.0. The van der Waals surface area contributed by atoms with Gasteiger partial charge >= 0.3 is 0 Å². The van der Waals surface area contributed by atoms with E-state index in [1.54, 1.807) is 0 Å². The molecule has 0 heterocycles. The summed E-state index contributed by atoms with van der Waals surface area (Å²) >= 11 is 0. The van der Waals surface area contributed by atoms with Crippen molar-refractivity contribution in [2.75, 3.05) is 0 Å². The zero-order valence-electron chi connectivity index (χ0n) is 33.9. The largest absolute Gasteiger partial charge is 0.289 e. The molecule has 0 aliphatic heterocycles. The molecule has 8 rings (SSSR count). The third-order valence-electron chi connectivity index (χ3n) is 10.7. The summed E-state index contributed by atoms with van der Waals surface area (Å²) in [5, 5.41) is 0. The molecule has 0 aromatic heterocycles. The molecule has 5 aromatic carbocycles. The van der Waals surface area contributed by atoms with Gasteiger partial charge in [0.1, 0.15) is 0 Å². The number of ketones is 1. The van der Waals surface area contributed by atoms with E-state index in [2.05, 4.69) is 123 Å². The highest BCUT2D eigenvalue weighted by atomic mass is 16.1. The molecule has 3 aliphatic rings. The minimum absolute atomic E-state index is 0.0679. The molecular formula is C56H52O. The quantitative estimate of drug-likeness (QED) is 0.132. The molecule has 0 saturated heterocycles. The minimum atomic E-state index is -0.510. The molecule has 0 bridgehead atoms. The van der Waals surface area contributed by atoms with Gasteiger partial charge < -0.3 is 0 Å². The SMILES string of the molecule is CC.CC#Cc1ccccc1.CC1C=CC2C=CC(C)(C3=C(c4ccccc4)C(=O)C(c4ccccc4)=C3c3cccc(C#Cc4ccccc4)c3)C=CC2CC1. The van der Waals surface area contributed by atoms with Gasteiger partial charge in [0.25, 0.3) is 0 Å². The van der Waals surface area contributed by atoms with Crippen molar-refractivity contribution in [1.29, 1.82) is 0 Å². The van der Waals surface area contributed by atoms with Crippen LogP contribution in [0.15, 0.2) is 188 Å². The van der Waals surface area contributed by atoms with Crippen LogP contribution in [-0.2, 0) is 4.79 Å². The van der Waals surface area contributed by atoms with E-state index >= 15 is 0 Å². The molecule has 0 N–H and O–H groups in total. The van der Waals surface area contributed by atoms with E-state index in [0.717, 1.165) is 62.1 Å². The predicted molar refractivity (Wildman–Crippen MR) is 242 cm³/mol. The first-order valence-electron chi connectivity index (χ1n) is 20.3. The summed E-state index contributed by atoms with van der Waals surface area (Å²) in [6.07, 6.45) is 16.6. The third kappa shape index (κ3) is 9.70. The Hall–Kier alpha value is -6.41. The number of allylic oxidation sites excluding steroid dienone is 10. The van der Waals surface area contributed by atoms with Gasteiger partial charge in [-0.15, -0.1) is 5.92 Å². The first kappa shape index (κ1) is 40.3. The third-order valence-corrected chi connectivity index (χ3v) is 10.7.